The van der Waals surface area contributed by atoms with Gasteiger partial charge in [-0.25, -0.2) is 4.98 Å². The van der Waals surface area contributed by atoms with Gasteiger partial charge in [0.2, 0.25) is 12.2 Å². The van der Waals surface area contributed by atoms with Crippen LogP contribution < -0.4 is 5.32 Å². The first kappa shape index (κ1) is 18.0. The fourth-order valence-electron chi connectivity index (χ4n) is 2.30. The number of carbonyl (C=O) groups is 1. The SMILES string of the molecule is Cc1sc(NC(=O)CCn2cnc([N+](=O)[O-])c2)nc1-c1ccc(Cl)cc1. The van der Waals surface area contributed by atoms with E-state index in [0.717, 1.165) is 16.1 Å². The predicted octanol–water partition coefficient (Wildman–Crippen LogP) is 3.91. The minimum absolute atomic E-state index is 0.155. The highest BCUT2D eigenvalue weighted by molar-refractivity contribution is 7.16. The Kier molecular flexibility index (Phi) is 5.29. The highest BCUT2D eigenvalue weighted by Crippen LogP contribution is 2.31. The molecular weight excluding hydrogens is 378 g/mol. The second kappa shape index (κ2) is 7.63. The van der Waals surface area contributed by atoms with Crippen molar-refractivity contribution in [2.75, 3.05) is 5.32 Å². The maximum Gasteiger partial charge on any atom is 0.381 e. The minimum Gasteiger partial charge on any atom is -0.358 e. The van der Waals surface area contributed by atoms with Gasteiger partial charge in [-0.3, -0.25) is 4.79 Å². The maximum absolute atomic E-state index is 12.1. The number of hydrogen-bond acceptors (Lipinski definition) is 6. The third-order valence-electron chi connectivity index (χ3n) is 3.56. The van der Waals surface area contributed by atoms with Crippen molar-refractivity contribution in [3.05, 3.63) is 56.8 Å². The van der Waals surface area contributed by atoms with Gasteiger partial charge in [-0.05, 0) is 29.0 Å². The third kappa shape index (κ3) is 4.24. The molecule has 10 heteroatoms. The maximum atomic E-state index is 12.1. The smallest absolute Gasteiger partial charge is 0.358 e. The molecule has 26 heavy (non-hydrogen) atoms. The number of imidazole rings is 1. The van der Waals surface area contributed by atoms with E-state index in [4.69, 9.17) is 11.6 Å². The molecule has 0 aliphatic rings. The van der Waals surface area contributed by atoms with Gasteiger partial charge in [0.15, 0.2) is 5.13 Å². The van der Waals surface area contributed by atoms with Crippen LogP contribution in [0, 0.1) is 17.0 Å². The van der Waals surface area contributed by atoms with Crippen LogP contribution in [-0.4, -0.2) is 25.4 Å². The van der Waals surface area contributed by atoms with Crippen molar-refractivity contribution in [3.63, 3.8) is 0 Å². The minimum atomic E-state index is -0.576. The van der Waals surface area contributed by atoms with Crippen molar-refractivity contribution in [1.82, 2.24) is 14.5 Å². The number of hydrogen-bond donors (Lipinski definition) is 1. The molecule has 2 heterocycles. The van der Waals surface area contributed by atoms with Crippen molar-refractivity contribution >= 4 is 39.8 Å². The molecule has 1 N–H and O–H groups in total. The van der Waals surface area contributed by atoms with Gasteiger partial charge >= 0.3 is 5.82 Å². The Labute approximate surface area is 157 Å². The quantitative estimate of drug-likeness (QED) is 0.507. The van der Waals surface area contributed by atoms with E-state index in [0.29, 0.717) is 16.7 Å². The fraction of sp³-hybridized carbons (Fsp3) is 0.188. The lowest BCUT2D eigenvalue weighted by atomic mass is 10.1. The zero-order valence-electron chi connectivity index (χ0n) is 13.7. The molecule has 2 aromatic heterocycles. The van der Waals surface area contributed by atoms with Crippen molar-refractivity contribution in [3.8, 4) is 11.3 Å². The lowest BCUT2D eigenvalue weighted by Crippen LogP contribution is -2.13. The third-order valence-corrected chi connectivity index (χ3v) is 4.70. The fourth-order valence-corrected chi connectivity index (χ4v) is 3.28. The molecule has 1 aromatic carbocycles. The number of nitro groups is 1. The van der Waals surface area contributed by atoms with Gasteiger partial charge < -0.3 is 20.0 Å². The van der Waals surface area contributed by atoms with Gasteiger partial charge in [-0.15, -0.1) is 11.3 Å². The molecule has 0 unspecified atom stereocenters. The number of nitrogens with one attached hydrogen (secondary N) is 1. The van der Waals surface area contributed by atoms with Crippen LogP contribution in [0.3, 0.4) is 0 Å². The highest BCUT2D eigenvalue weighted by Gasteiger charge is 2.14. The molecular formula is C16H14ClN5O3S. The number of halogens is 1. The first-order chi connectivity index (χ1) is 12.4. The van der Waals surface area contributed by atoms with Crippen LogP contribution in [0.15, 0.2) is 36.8 Å². The van der Waals surface area contributed by atoms with Gasteiger partial charge in [-0.1, -0.05) is 23.7 Å². The van der Waals surface area contributed by atoms with Gasteiger partial charge in [0.05, 0.1) is 5.69 Å². The van der Waals surface area contributed by atoms with Crippen LogP contribution in [-0.2, 0) is 11.3 Å². The topological polar surface area (TPSA) is 103 Å². The number of aryl methyl sites for hydroxylation is 2. The summed E-state index contributed by atoms with van der Waals surface area (Å²) in [6.07, 6.45) is 2.78. The van der Waals surface area contributed by atoms with Crippen molar-refractivity contribution < 1.29 is 9.72 Å². The van der Waals surface area contributed by atoms with Crippen LogP contribution >= 0.6 is 22.9 Å². The van der Waals surface area contributed by atoms with Gasteiger partial charge in [-0.2, -0.15) is 0 Å². The molecule has 3 rings (SSSR count). The Bertz CT molecular complexity index is 951. The molecule has 0 spiro atoms. The molecule has 3 aromatic rings. The van der Waals surface area contributed by atoms with E-state index < -0.39 is 4.92 Å². The summed E-state index contributed by atoms with van der Waals surface area (Å²) in [7, 11) is 0. The molecule has 1 amide bonds. The van der Waals surface area contributed by atoms with E-state index in [-0.39, 0.29) is 18.1 Å². The van der Waals surface area contributed by atoms with Gasteiger partial charge in [0, 0.05) is 28.4 Å². The number of amides is 1. The van der Waals surface area contributed by atoms with Gasteiger partial charge in [0.25, 0.3) is 0 Å². The summed E-state index contributed by atoms with van der Waals surface area (Å²) in [6.45, 7) is 2.23. The molecule has 0 saturated heterocycles. The van der Waals surface area contributed by atoms with E-state index in [9.17, 15) is 14.9 Å². The van der Waals surface area contributed by atoms with E-state index in [2.05, 4.69) is 15.3 Å². The molecule has 0 saturated carbocycles. The predicted molar refractivity (Wildman–Crippen MR) is 99.4 cm³/mol. The molecule has 8 nitrogen and oxygen atoms in total. The molecule has 134 valence electrons. The van der Waals surface area contributed by atoms with Crippen LogP contribution in [0.2, 0.25) is 5.02 Å². The zero-order valence-corrected chi connectivity index (χ0v) is 15.3. The second-order valence-corrected chi connectivity index (χ2v) is 7.10. The molecule has 0 fully saturated rings. The number of benzene rings is 1. The number of carbonyl (C=O) groups excluding carboxylic acids is 1. The summed E-state index contributed by atoms with van der Waals surface area (Å²) in [6, 6.07) is 7.33. The van der Waals surface area contributed by atoms with Gasteiger partial charge in [0.1, 0.15) is 6.20 Å². The normalized spacial score (nSPS) is 10.7. The lowest BCUT2D eigenvalue weighted by Gasteiger charge is -2.02. The molecule has 0 radical (unpaired) electrons. The zero-order chi connectivity index (χ0) is 18.7. The number of nitrogens with zero attached hydrogens (tertiary/aromatic N) is 4. The average Bonchev–Trinajstić information content (AvgIpc) is 3.21. The first-order valence-corrected chi connectivity index (χ1v) is 8.81. The summed E-state index contributed by atoms with van der Waals surface area (Å²) < 4.78 is 1.50. The number of thiazole rings is 1. The lowest BCUT2D eigenvalue weighted by molar-refractivity contribution is -0.389. The van der Waals surface area contributed by atoms with Crippen LogP contribution in [0.1, 0.15) is 11.3 Å². The number of anilines is 1. The Morgan fingerprint density at radius 2 is 2.12 bits per heavy atom. The van der Waals surface area contributed by atoms with Crippen molar-refractivity contribution in [2.45, 2.75) is 19.9 Å². The highest BCUT2D eigenvalue weighted by atomic mass is 35.5. The summed E-state index contributed by atoms with van der Waals surface area (Å²) in [5, 5.41) is 14.5. The monoisotopic (exact) mass is 391 g/mol. The summed E-state index contributed by atoms with van der Waals surface area (Å²) in [5.41, 5.74) is 1.72. The van der Waals surface area contributed by atoms with Crippen LogP contribution in [0.25, 0.3) is 11.3 Å². The van der Waals surface area contributed by atoms with Crippen LogP contribution in [0.4, 0.5) is 10.9 Å². The Balaban J connectivity index is 1.61. The Morgan fingerprint density at radius 1 is 1.38 bits per heavy atom. The van der Waals surface area contributed by atoms with Crippen LogP contribution in [0.5, 0.6) is 0 Å². The second-order valence-electron chi connectivity index (χ2n) is 5.46. The van der Waals surface area contributed by atoms with E-state index >= 15 is 0 Å². The van der Waals surface area contributed by atoms with Crippen molar-refractivity contribution in [2.24, 2.45) is 0 Å². The Morgan fingerprint density at radius 3 is 2.77 bits per heavy atom. The molecule has 0 aliphatic heterocycles. The first-order valence-electron chi connectivity index (χ1n) is 7.62. The molecule has 0 bridgehead atoms. The molecule has 0 atom stereocenters. The van der Waals surface area contributed by atoms with E-state index in [1.165, 1.54) is 28.4 Å². The summed E-state index contributed by atoms with van der Waals surface area (Å²) in [5.74, 6) is -0.466. The Hall–Kier alpha value is -2.78. The summed E-state index contributed by atoms with van der Waals surface area (Å²) in [4.78, 5) is 31.2. The van der Waals surface area contributed by atoms with E-state index in [1.54, 1.807) is 12.1 Å². The standard InChI is InChI=1S/C16H14ClN5O3S/c1-10-15(11-2-4-12(17)5-3-11)20-16(26-10)19-14(23)6-7-21-8-13(18-9-21)22(24)25/h2-5,8-9H,6-7H2,1H3,(H,19,20,23). The van der Waals surface area contributed by atoms with Crippen molar-refractivity contribution in [1.29, 1.82) is 0 Å². The molecule has 0 aliphatic carbocycles. The van der Waals surface area contributed by atoms with E-state index in [1.807, 2.05) is 19.1 Å². The largest absolute Gasteiger partial charge is 0.381 e. The summed E-state index contributed by atoms with van der Waals surface area (Å²) >= 11 is 7.29. The average molecular weight is 392 g/mol. The number of aromatic nitrogens is 3. The number of rotatable bonds is 6.